The van der Waals surface area contributed by atoms with Gasteiger partial charge in [-0.3, -0.25) is 4.79 Å². The lowest BCUT2D eigenvalue weighted by molar-refractivity contribution is 0.0524. The van der Waals surface area contributed by atoms with E-state index in [0.717, 1.165) is 0 Å². The van der Waals surface area contributed by atoms with Crippen molar-refractivity contribution in [3.63, 3.8) is 0 Å². The maximum atomic E-state index is 12.2. The van der Waals surface area contributed by atoms with E-state index in [0.29, 0.717) is 35.1 Å². The van der Waals surface area contributed by atoms with Crippen LogP contribution in [0.15, 0.2) is 12.1 Å². The highest BCUT2D eigenvalue weighted by Gasteiger charge is 2.34. The molecule has 0 saturated carbocycles. The fourth-order valence-electron chi connectivity index (χ4n) is 2.64. The van der Waals surface area contributed by atoms with Crippen molar-refractivity contribution < 1.29 is 14.3 Å². The van der Waals surface area contributed by atoms with Gasteiger partial charge in [0.05, 0.1) is 23.8 Å². The van der Waals surface area contributed by atoms with Gasteiger partial charge in [0, 0.05) is 12.0 Å². The summed E-state index contributed by atoms with van der Waals surface area (Å²) in [4.78, 5) is 24.3. The number of fused-ring (bicyclic) bond motifs is 1. The normalized spacial score (nSPS) is 16.2. The number of rotatable bonds is 2. The topological polar surface area (TPSA) is 67.2 Å². The van der Waals surface area contributed by atoms with Crippen LogP contribution in [0.3, 0.4) is 0 Å². The number of nitrogens with zero attached hydrogens (tertiary/aromatic N) is 1. The maximum Gasteiger partial charge on any atom is 0.338 e. The van der Waals surface area contributed by atoms with E-state index in [4.69, 9.17) is 10.00 Å². The Morgan fingerprint density at radius 2 is 2.10 bits per heavy atom. The lowest BCUT2D eigenvalue weighted by Gasteiger charge is -2.31. The third-order valence-corrected chi connectivity index (χ3v) is 3.47. The van der Waals surface area contributed by atoms with Crippen LogP contribution in [-0.4, -0.2) is 18.4 Å². The van der Waals surface area contributed by atoms with Gasteiger partial charge < -0.3 is 4.74 Å². The van der Waals surface area contributed by atoms with Crippen molar-refractivity contribution in [3.8, 4) is 6.07 Å². The van der Waals surface area contributed by atoms with Gasteiger partial charge in [-0.25, -0.2) is 4.79 Å². The van der Waals surface area contributed by atoms with Crippen molar-refractivity contribution in [2.45, 2.75) is 33.6 Å². The van der Waals surface area contributed by atoms with Crippen LogP contribution >= 0.6 is 0 Å². The quantitative estimate of drug-likeness (QED) is 0.776. The average molecular weight is 271 g/mol. The number of carbonyl (C=O) groups is 2. The van der Waals surface area contributed by atoms with E-state index in [1.165, 1.54) is 6.07 Å². The summed E-state index contributed by atoms with van der Waals surface area (Å²) in [7, 11) is 0. The molecule has 0 atom stereocenters. The standard InChI is InChI=1S/C16H17NO3/c1-4-20-15(19)12-6-10(9-17)5-11-13(12)7-16(2,3)8-14(11)18/h5-6H,4,7-8H2,1-3H3. The summed E-state index contributed by atoms with van der Waals surface area (Å²) in [6.45, 7) is 6.00. The summed E-state index contributed by atoms with van der Waals surface area (Å²) >= 11 is 0. The summed E-state index contributed by atoms with van der Waals surface area (Å²) < 4.78 is 5.04. The van der Waals surface area contributed by atoms with E-state index in [9.17, 15) is 9.59 Å². The van der Waals surface area contributed by atoms with Gasteiger partial charge >= 0.3 is 5.97 Å². The van der Waals surface area contributed by atoms with Gasteiger partial charge in [-0.1, -0.05) is 13.8 Å². The molecule has 0 unspecified atom stereocenters. The highest BCUT2D eigenvalue weighted by molar-refractivity contribution is 6.03. The highest BCUT2D eigenvalue weighted by atomic mass is 16.5. The molecule has 1 aliphatic carbocycles. The van der Waals surface area contributed by atoms with Crippen molar-refractivity contribution in [1.82, 2.24) is 0 Å². The number of benzene rings is 1. The van der Waals surface area contributed by atoms with E-state index < -0.39 is 5.97 Å². The van der Waals surface area contributed by atoms with E-state index >= 15 is 0 Å². The minimum Gasteiger partial charge on any atom is -0.462 e. The number of ether oxygens (including phenoxy) is 1. The first kappa shape index (κ1) is 14.3. The molecule has 0 fully saturated rings. The fourth-order valence-corrected chi connectivity index (χ4v) is 2.64. The average Bonchev–Trinajstić information content (AvgIpc) is 2.37. The second-order valence-corrected chi connectivity index (χ2v) is 5.82. The molecular weight excluding hydrogens is 254 g/mol. The third kappa shape index (κ3) is 2.57. The largest absolute Gasteiger partial charge is 0.462 e. The SMILES string of the molecule is CCOC(=O)c1cc(C#N)cc2c1CC(C)(C)CC2=O. The Labute approximate surface area is 118 Å². The van der Waals surface area contributed by atoms with Gasteiger partial charge in [-0.05, 0) is 36.5 Å². The zero-order valence-electron chi connectivity index (χ0n) is 11.9. The molecule has 104 valence electrons. The van der Waals surface area contributed by atoms with Crippen LogP contribution in [0.2, 0.25) is 0 Å². The monoisotopic (exact) mass is 271 g/mol. The first-order valence-corrected chi connectivity index (χ1v) is 6.65. The Morgan fingerprint density at radius 1 is 1.40 bits per heavy atom. The Kier molecular flexibility index (Phi) is 3.63. The van der Waals surface area contributed by atoms with Gasteiger partial charge in [0.2, 0.25) is 0 Å². The van der Waals surface area contributed by atoms with Crippen molar-refractivity contribution in [2.75, 3.05) is 6.61 Å². The number of nitriles is 1. The molecule has 0 amide bonds. The second kappa shape index (κ2) is 5.09. The number of ketones is 1. The van der Waals surface area contributed by atoms with Gasteiger partial charge in [0.1, 0.15) is 0 Å². The van der Waals surface area contributed by atoms with Crippen molar-refractivity contribution in [2.24, 2.45) is 5.41 Å². The molecule has 2 rings (SSSR count). The lowest BCUT2D eigenvalue weighted by Crippen LogP contribution is -2.29. The van der Waals surface area contributed by atoms with Crippen LogP contribution < -0.4 is 0 Å². The molecule has 0 radical (unpaired) electrons. The molecule has 0 spiro atoms. The van der Waals surface area contributed by atoms with Crippen LogP contribution in [0.25, 0.3) is 0 Å². The van der Waals surface area contributed by atoms with Gasteiger partial charge in [0.25, 0.3) is 0 Å². The zero-order chi connectivity index (χ0) is 14.9. The van der Waals surface area contributed by atoms with E-state index in [2.05, 4.69) is 0 Å². The molecule has 1 aliphatic rings. The third-order valence-electron chi connectivity index (χ3n) is 3.47. The van der Waals surface area contributed by atoms with Gasteiger partial charge in [-0.2, -0.15) is 5.26 Å². The van der Waals surface area contributed by atoms with E-state index in [1.807, 2.05) is 19.9 Å². The first-order valence-electron chi connectivity index (χ1n) is 6.65. The van der Waals surface area contributed by atoms with Crippen LogP contribution in [-0.2, 0) is 11.2 Å². The molecule has 4 heteroatoms. The molecule has 20 heavy (non-hydrogen) atoms. The number of Topliss-reactive ketones (excluding diaryl/α,β-unsaturated/α-hetero) is 1. The Bertz CT molecular complexity index is 623. The number of esters is 1. The molecule has 0 saturated heterocycles. The Hall–Kier alpha value is -2.15. The van der Waals surface area contributed by atoms with E-state index in [1.54, 1.807) is 13.0 Å². The van der Waals surface area contributed by atoms with Crippen LogP contribution in [0.4, 0.5) is 0 Å². The smallest absolute Gasteiger partial charge is 0.338 e. The molecule has 4 nitrogen and oxygen atoms in total. The number of hydrogen-bond acceptors (Lipinski definition) is 4. The van der Waals surface area contributed by atoms with Crippen molar-refractivity contribution in [1.29, 1.82) is 5.26 Å². The minimum atomic E-state index is -0.466. The molecule has 0 heterocycles. The van der Waals surface area contributed by atoms with E-state index in [-0.39, 0.29) is 17.8 Å². The molecule has 1 aromatic carbocycles. The Balaban J connectivity index is 2.63. The summed E-state index contributed by atoms with van der Waals surface area (Å²) in [5.41, 5.74) is 1.69. The highest BCUT2D eigenvalue weighted by Crippen LogP contribution is 2.37. The number of hydrogen-bond donors (Lipinski definition) is 0. The van der Waals surface area contributed by atoms with Crippen LogP contribution in [0.5, 0.6) is 0 Å². The molecule has 1 aromatic rings. The summed E-state index contributed by atoms with van der Waals surface area (Å²) in [6.07, 6.45) is 1.06. The molecule has 0 aliphatic heterocycles. The Morgan fingerprint density at radius 3 is 2.70 bits per heavy atom. The second-order valence-electron chi connectivity index (χ2n) is 5.82. The lowest BCUT2D eigenvalue weighted by atomic mass is 9.72. The summed E-state index contributed by atoms with van der Waals surface area (Å²) in [5, 5.41) is 9.05. The first-order chi connectivity index (χ1) is 9.38. The molecule has 0 N–H and O–H groups in total. The van der Waals surface area contributed by atoms with Gasteiger partial charge in [-0.15, -0.1) is 0 Å². The van der Waals surface area contributed by atoms with Gasteiger partial charge in [0.15, 0.2) is 5.78 Å². The minimum absolute atomic E-state index is 0.0149. The van der Waals surface area contributed by atoms with Crippen molar-refractivity contribution >= 4 is 11.8 Å². The summed E-state index contributed by atoms with van der Waals surface area (Å²) in [6, 6.07) is 5.09. The molecule has 0 aromatic heterocycles. The maximum absolute atomic E-state index is 12.2. The van der Waals surface area contributed by atoms with Crippen LogP contribution in [0, 0.1) is 16.7 Å². The zero-order valence-corrected chi connectivity index (χ0v) is 11.9. The predicted octanol–water partition coefficient (Wildman–Crippen LogP) is 2.89. The summed E-state index contributed by atoms with van der Waals surface area (Å²) in [5.74, 6) is -0.481. The van der Waals surface area contributed by atoms with Crippen molar-refractivity contribution in [3.05, 3.63) is 34.4 Å². The molecule has 0 bridgehead atoms. The molecular formula is C16H17NO3. The fraction of sp³-hybridized carbons (Fsp3) is 0.438. The van der Waals surface area contributed by atoms with Crippen LogP contribution in [0.1, 0.15) is 59.0 Å². The number of carbonyl (C=O) groups excluding carboxylic acids is 2. The predicted molar refractivity (Wildman–Crippen MR) is 73.5 cm³/mol.